The van der Waals surface area contributed by atoms with Gasteiger partial charge in [-0.3, -0.25) is 10.1 Å². The fourth-order valence-electron chi connectivity index (χ4n) is 4.53. The summed E-state index contributed by atoms with van der Waals surface area (Å²) in [5.74, 6) is -1.12. The van der Waals surface area contributed by atoms with E-state index in [1.165, 1.54) is 33.8 Å². The Labute approximate surface area is 198 Å². The number of nitrogens with zero attached hydrogens (tertiary/aromatic N) is 3. The lowest BCUT2D eigenvalue weighted by molar-refractivity contribution is -0.140. The SMILES string of the molecule is Nc1cc(-c2ccc(F)cc2)nn1CC(=O)N1CCC[C@@]2(C1)OC(=O)Nc1ccc(Cl)c(F)c12. The Morgan fingerprint density at radius 2 is 2.00 bits per heavy atom. The average molecular weight is 488 g/mol. The quantitative estimate of drug-likeness (QED) is 0.578. The van der Waals surface area contributed by atoms with Crippen LogP contribution >= 0.6 is 11.6 Å². The first-order valence-corrected chi connectivity index (χ1v) is 11.0. The molecule has 1 saturated heterocycles. The van der Waals surface area contributed by atoms with Gasteiger partial charge in [0.25, 0.3) is 0 Å². The molecular formula is C23H20ClF2N5O3. The molecule has 2 amide bonds. The Morgan fingerprint density at radius 3 is 2.76 bits per heavy atom. The van der Waals surface area contributed by atoms with Gasteiger partial charge in [-0.15, -0.1) is 0 Å². The molecule has 8 nitrogen and oxygen atoms in total. The van der Waals surface area contributed by atoms with E-state index in [4.69, 9.17) is 22.1 Å². The molecule has 1 aromatic heterocycles. The van der Waals surface area contributed by atoms with Gasteiger partial charge in [0.1, 0.15) is 18.2 Å². The van der Waals surface area contributed by atoms with Crippen LogP contribution in [0.5, 0.6) is 0 Å². The number of amides is 2. The highest BCUT2D eigenvalue weighted by Gasteiger charge is 2.48. The molecule has 1 fully saturated rings. The van der Waals surface area contributed by atoms with Gasteiger partial charge >= 0.3 is 6.09 Å². The van der Waals surface area contributed by atoms with Crippen LogP contribution < -0.4 is 11.1 Å². The maximum atomic E-state index is 15.0. The summed E-state index contributed by atoms with van der Waals surface area (Å²) in [5, 5.41) is 6.77. The first-order chi connectivity index (χ1) is 16.3. The minimum absolute atomic E-state index is 0.0322. The number of nitrogens with one attached hydrogen (secondary N) is 1. The van der Waals surface area contributed by atoms with Crippen LogP contribution in [0.25, 0.3) is 11.3 Å². The molecule has 3 aromatic rings. The standard InChI is InChI=1S/C23H20ClF2N5O3/c24-15-6-7-16-20(21(15)26)23(34-22(33)28-16)8-1-9-30(12-23)19(32)11-31-18(27)10-17(29-31)13-2-4-14(25)5-3-13/h2-7,10H,1,8-9,11-12,27H2,(H,28,33)/t23-/m0/s1. The molecule has 2 aliphatic heterocycles. The zero-order chi connectivity index (χ0) is 24.0. The smallest absolute Gasteiger partial charge is 0.412 e. The van der Waals surface area contributed by atoms with E-state index in [1.807, 2.05) is 0 Å². The molecule has 34 heavy (non-hydrogen) atoms. The van der Waals surface area contributed by atoms with Crippen LogP contribution in [-0.4, -0.2) is 39.8 Å². The van der Waals surface area contributed by atoms with Crippen LogP contribution in [0.3, 0.4) is 0 Å². The number of rotatable bonds is 3. The van der Waals surface area contributed by atoms with Crippen LogP contribution in [0.4, 0.5) is 25.1 Å². The van der Waals surface area contributed by atoms with Gasteiger partial charge in [-0.1, -0.05) is 11.6 Å². The molecule has 2 aliphatic rings. The number of hydrogen-bond acceptors (Lipinski definition) is 5. The van der Waals surface area contributed by atoms with E-state index in [-0.39, 0.29) is 46.9 Å². The van der Waals surface area contributed by atoms with Gasteiger partial charge in [-0.05, 0) is 49.2 Å². The van der Waals surface area contributed by atoms with Gasteiger partial charge in [-0.2, -0.15) is 5.10 Å². The number of nitrogens with two attached hydrogens (primary N) is 1. The van der Waals surface area contributed by atoms with Crippen molar-refractivity contribution in [3.8, 4) is 11.3 Å². The highest BCUT2D eigenvalue weighted by Crippen LogP contribution is 2.45. The highest BCUT2D eigenvalue weighted by molar-refractivity contribution is 6.31. The lowest BCUT2D eigenvalue weighted by atomic mass is 9.83. The first kappa shape index (κ1) is 22.1. The first-order valence-electron chi connectivity index (χ1n) is 10.6. The Balaban J connectivity index is 1.39. The zero-order valence-corrected chi connectivity index (χ0v) is 18.6. The Kier molecular flexibility index (Phi) is 5.40. The van der Waals surface area contributed by atoms with Crippen molar-refractivity contribution in [3.05, 3.63) is 64.7 Å². The summed E-state index contributed by atoms with van der Waals surface area (Å²) in [6.45, 7) is 0.199. The van der Waals surface area contributed by atoms with Crippen molar-refractivity contribution in [2.45, 2.75) is 25.0 Å². The molecule has 11 heteroatoms. The molecule has 3 heterocycles. The van der Waals surface area contributed by atoms with E-state index in [1.54, 1.807) is 18.2 Å². The van der Waals surface area contributed by atoms with Crippen LogP contribution in [-0.2, 0) is 21.7 Å². The second-order valence-electron chi connectivity index (χ2n) is 8.33. The largest absolute Gasteiger partial charge is 0.436 e. The molecule has 0 saturated carbocycles. The van der Waals surface area contributed by atoms with Crippen molar-refractivity contribution in [1.29, 1.82) is 0 Å². The third-order valence-electron chi connectivity index (χ3n) is 6.12. The number of fused-ring (bicyclic) bond motifs is 2. The molecule has 3 N–H and O–H groups in total. The minimum Gasteiger partial charge on any atom is -0.436 e. The fraction of sp³-hybridized carbons (Fsp3) is 0.261. The molecule has 0 bridgehead atoms. The van der Waals surface area contributed by atoms with Crippen LogP contribution in [0.15, 0.2) is 42.5 Å². The number of anilines is 2. The summed E-state index contributed by atoms with van der Waals surface area (Å²) in [4.78, 5) is 26.9. The number of piperidine rings is 1. The Morgan fingerprint density at radius 1 is 1.24 bits per heavy atom. The number of carbonyl (C=O) groups excluding carboxylic acids is 2. The van der Waals surface area contributed by atoms with Crippen LogP contribution in [0.2, 0.25) is 5.02 Å². The van der Waals surface area contributed by atoms with E-state index in [2.05, 4.69) is 10.4 Å². The summed E-state index contributed by atoms with van der Waals surface area (Å²) < 4.78 is 35.2. The number of ether oxygens (including phenoxy) is 1. The number of likely N-dealkylation sites (tertiary alicyclic amines) is 1. The predicted molar refractivity (Wildman–Crippen MR) is 121 cm³/mol. The second kappa shape index (κ2) is 8.28. The lowest BCUT2D eigenvalue weighted by Gasteiger charge is -2.45. The molecule has 0 radical (unpaired) electrons. The van der Waals surface area contributed by atoms with E-state index in [9.17, 15) is 14.0 Å². The third-order valence-corrected chi connectivity index (χ3v) is 6.41. The van der Waals surface area contributed by atoms with Gasteiger partial charge in [0.05, 0.1) is 28.5 Å². The van der Waals surface area contributed by atoms with Gasteiger partial charge < -0.3 is 15.4 Å². The minimum atomic E-state index is -1.35. The van der Waals surface area contributed by atoms with Crippen molar-refractivity contribution in [3.63, 3.8) is 0 Å². The normalized spacial score (nSPS) is 19.5. The Bertz CT molecular complexity index is 1300. The molecule has 2 aromatic carbocycles. The highest BCUT2D eigenvalue weighted by atomic mass is 35.5. The summed E-state index contributed by atoms with van der Waals surface area (Å²) in [7, 11) is 0. The fourth-order valence-corrected chi connectivity index (χ4v) is 4.69. The van der Waals surface area contributed by atoms with E-state index >= 15 is 4.39 Å². The summed E-state index contributed by atoms with van der Waals surface area (Å²) in [6.07, 6.45) is 0.108. The number of halogens is 3. The van der Waals surface area contributed by atoms with Gasteiger partial charge in [0.15, 0.2) is 11.4 Å². The van der Waals surface area contributed by atoms with Gasteiger partial charge in [0, 0.05) is 18.2 Å². The number of benzene rings is 2. The lowest BCUT2D eigenvalue weighted by Crippen LogP contribution is -2.54. The molecular weight excluding hydrogens is 468 g/mol. The molecule has 0 aliphatic carbocycles. The number of nitrogen functional groups attached to an aromatic ring is 1. The average Bonchev–Trinajstić information content (AvgIpc) is 3.16. The van der Waals surface area contributed by atoms with E-state index in [0.717, 1.165) is 0 Å². The van der Waals surface area contributed by atoms with Gasteiger partial charge in [0.2, 0.25) is 5.91 Å². The molecule has 1 spiro atoms. The summed E-state index contributed by atoms with van der Waals surface area (Å²) in [6, 6.07) is 10.2. The van der Waals surface area contributed by atoms with Gasteiger partial charge in [-0.25, -0.2) is 18.3 Å². The van der Waals surface area contributed by atoms with Crippen molar-refractivity contribution in [2.24, 2.45) is 0 Å². The predicted octanol–water partition coefficient (Wildman–Crippen LogP) is 4.14. The third kappa shape index (κ3) is 3.83. The topological polar surface area (TPSA) is 102 Å². The monoisotopic (exact) mass is 487 g/mol. The van der Waals surface area contributed by atoms with Crippen molar-refractivity contribution in [1.82, 2.24) is 14.7 Å². The van der Waals surface area contributed by atoms with Crippen LogP contribution in [0, 0.1) is 11.6 Å². The summed E-state index contributed by atoms with van der Waals surface area (Å²) >= 11 is 6.00. The van der Waals surface area contributed by atoms with Crippen molar-refractivity contribution in [2.75, 3.05) is 24.1 Å². The van der Waals surface area contributed by atoms with E-state index < -0.39 is 17.5 Å². The maximum Gasteiger partial charge on any atom is 0.412 e. The second-order valence-corrected chi connectivity index (χ2v) is 8.74. The maximum absolute atomic E-state index is 15.0. The van der Waals surface area contributed by atoms with Crippen LogP contribution in [0.1, 0.15) is 18.4 Å². The van der Waals surface area contributed by atoms with E-state index in [0.29, 0.717) is 30.6 Å². The molecule has 0 unspecified atom stereocenters. The molecule has 176 valence electrons. The van der Waals surface area contributed by atoms with Crippen molar-refractivity contribution >= 4 is 35.1 Å². The molecule has 1 atom stereocenters. The molecule has 5 rings (SSSR count). The zero-order valence-electron chi connectivity index (χ0n) is 17.9. The summed E-state index contributed by atoms with van der Waals surface area (Å²) in [5.41, 5.74) is 6.26. The number of carbonyl (C=O) groups is 2. The van der Waals surface area contributed by atoms with Crippen molar-refractivity contribution < 1.29 is 23.1 Å². The number of aromatic nitrogens is 2. The number of hydrogen-bond donors (Lipinski definition) is 2. The Hall–Kier alpha value is -3.66.